The van der Waals surface area contributed by atoms with E-state index in [1.165, 1.54) is 0 Å². The number of carbonyl (C=O) groups is 1. The van der Waals surface area contributed by atoms with Crippen LogP contribution < -0.4 is 14.4 Å². The smallest absolute Gasteiger partial charge is 0.246 e. The Labute approximate surface area is 164 Å². The monoisotopic (exact) mass is 386 g/mol. The number of methoxy groups -OCH3 is 2. The van der Waals surface area contributed by atoms with Crippen molar-refractivity contribution in [3.63, 3.8) is 0 Å². The molecule has 2 aromatic rings. The SMILES string of the molecule is COc1ccc(OC)c(/C=C/C(=O)N2CCN(c3cccc(Cl)c3)CC2)c1. The molecule has 2 aromatic carbocycles. The van der Waals surface area contributed by atoms with Crippen LogP contribution in [0.25, 0.3) is 6.08 Å². The average Bonchev–Trinajstić information content (AvgIpc) is 2.71. The molecule has 0 aromatic heterocycles. The number of rotatable bonds is 5. The number of amides is 1. The molecule has 1 amide bonds. The maximum Gasteiger partial charge on any atom is 0.246 e. The summed E-state index contributed by atoms with van der Waals surface area (Å²) in [6, 6.07) is 13.3. The Bertz CT molecular complexity index is 830. The fraction of sp³-hybridized carbons (Fsp3) is 0.286. The third-order valence-electron chi connectivity index (χ3n) is 4.61. The van der Waals surface area contributed by atoms with Crippen LogP contribution in [-0.4, -0.2) is 51.2 Å². The minimum atomic E-state index is -0.00869. The average molecular weight is 387 g/mol. The fourth-order valence-corrected chi connectivity index (χ4v) is 3.28. The molecule has 1 aliphatic rings. The Morgan fingerprint density at radius 1 is 1.04 bits per heavy atom. The lowest BCUT2D eigenvalue weighted by atomic mass is 10.1. The van der Waals surface area contributed by atoms with Crippen molar-refractivity contribution in [2.75, 3.05) is 45.3 Å². The minimum absolute atomic E-state index is 0.00869. The Morgan fingerprint density at radius 3 is 2.48 bits per heavy atom. The van der Waals surface area contributed by atoms with Gasteiger partial charge in [-0.2, -0.15) is 0 Å². The van der Waals surface area contributed by atoms with Gasteiger partial charge in [0.15, 0.2) is 0 Å². The van der Waals surface area contributed by atoms with Crippen LogP contribution in [0.4, 0.5) is 5.69 Å². The normalized spacial score (nSPS) is 14.5. The van der Waals surface area contributed by atoms with Gasteiger partial charge in [-0.1, -0.05) is 17.7 Å². The third kappa shape index (κ3) is 4.74. The molecule has 1 saturated heterocycles. The summed E-state index contributed by atoms with van der Waals surface area (Å²) in [5.41, 5.74) is 1.90. The van der Waals surface area contributed by atoms with Gasteiger partial charge in [0.25, 0.3) is 0 Å². The van der Waals surface area contributed by atoms with E-state index in [9.17, 15) is 4.79 Å². The van der Waals surface area contributed by atoms with Gasteiger partial charge in [0, 0.05) is 48.5 Å². The summed E-state index contributed by atoms with van der Waals surface area (Å²) in [7, 11) is 3.22. The van der Waals surface area contributed by atoms with Gasteiger partial charge in [0.05, 0.1) is 14.2 Å². The quantitative estimate of drug-likeness (QED) is 0.734. The van der Waals surface area contributed by atoms with Gasteiger partial charge >= 0.3 is 0 Å². The van der Waals surface area contributed by atoms with Gasteiger partial charge in [-0.25, -0.2) is 0 Å². The van der Waals surface area contributed by atoms with E-state index in [4.69, 9.17) is 21.1 Å². The van der Waals surface area contributed by atoms with Crippen molar-refractivity contribution in [3.05, 3.63) is 59.1 Å². The Kier molecular flexibility index (Phi) is 6.24. The molecular formula is C21H23ClN2O3. The van der Waals surface area contributed by atoms with Crippen LogP contribution >= 0.6 is 11.6 Å². The first-order chi connectivity index (χ1) is 13.1. The zero-order chi connectivity index (χ0) is 19.2. The molecule has 6 heteroatoms. The molecule has 0 spiro atoms. The second-order valence-corrected chi connectivity index (χ2v) is 6.67. The summed E-state index contributed by atoms with van der Waals surface area (Å²) >= 11 is 6.07. The largest absolute Gasteiger partial charge is 0.497 e. The van der Waals surface area contributed by atoms with Gasteiger partial charge < -0.3 is 19.3 Å². The van der Waals surface area contributed by atoms with Crippen LogP contribution in [0.1, 0.15) is 5.56 Å². The number of nitrogens with zero attached hydrogens (tertiary/aromatic N) is 2. The maximum absolute atomic E-state index is 12.6. The zero-order valence-corrected chi connectivity index (χ0v) is 16.3. The van der Waals surface area contributed by atoms with Crippen LogP contribution in [0, 0.1) is 0 Å². The number of benzene rings is 2. The molecule has 0 atom stereocenters. The number of hydrogen-bond donors (Lipinski definition) is 0. The number of ether oxygens (including phenoxy) is 2. The van der Waals surface area contributed by atoms with Crippen LogP contribution in [0.15, 0.2) is 48.5 Å². The summed E-state index contributed by atoms with van der Waals surface area (Å²) in [5.74, 6) is 1.41. The molecule has 5 nitrogen and oxygen atoms in total. The summed E-state index contributed by atoms with van der Waals surface area (Å²) in [6.45, 7) is 2.90. The highest BCUT2D eigenvalue weighted by molar-refractivity contribution is 6.30. The molecule has 142 valence electrons. The topological polar surface area (TPSA) is 42.0 Å². The fourth-order valence-electron chi connectivity index (χ4n) is 3.09. The van der Waals surface area contributed by atoms with Crippen LogP contribution in [-0.2, 0) is 4.79 Å². The van der Waals surface area contributed by atoms with E-state index in [-0.39, 0.29) is 5.91 Å². The van der Waals surface area contributed by atoms with Crippen molar-refractivity contribution >= 4 is 29.3 Å². The van der Waals surface area contributed by atoms with Crippen LogP contribution in [0.3, 0.4) is 0 Å². The highest BCUT2D eigenvalue weighted by Crippen LogP contribution is 2.25. The molecule has 0 radical (unpaired) electrons. The Hall–Kier alpha value is -2.66. The van der Waals surface area contributed by atoms with E-state index in [0.29, 0.717) is 18.8 Å². The molecular weight excluding hydrogens is 364 g/mol. The van der Waals surface area contributed by atoms with Crippen molar-refractivity contribution in [3.8, 4) is 11.5 Å². The number of anilines is 1. The second kappa shape index (κ2) is 8.82. The molecule has 1 heterocycles. The molecule has 0 aliphatic carbocycles. The standard InChI is InChI=1S/C21H23ClN2O3/c1-26-19-7-8-20(27-2)16(14-19)6-9-21(25)24-12-10-23(11-13-24)18-5-3-4-17(22)15-18/h3-9,14-15H,10-13H2,1-2H3/b9-6+. The highest BCUT2D eigenvalue weighted by Gasteiger charge is 2.20. The lowest BCUT2D eigenvalue weighted by Crippen LogP contribution is -2.48. The van der Waals surface area contributed by atoms with Gasteiger partial charge in [0.2, 0.25) is 5.91 Å². The molecule has 0 unspecified atom stereocenters. The van der Waals surface area contributed by atoms with E-state index in [0.717, 1.165) is 35.1 Å². The van der Waals surface area contributed by atoms with E-state index >= 15 is 0 Å². The van der Waals surface area contributed by atoms with Crippen molar-refractivity contribution in [1.29, 1.82) is 0 Å². The highest BCUT2D eigenvalue weighted by atomic mass is 35.5. The minimum Gasteiger partial charge on any atom is -0.497 e. The lowest BCUT2D eigenvalue weighted by molar-refractivity contribution is -0.126. The van der Waals surface area contributed by atoms with Gasteiger partial charge in [0.1, 0.15) is 11.5 Å². The van der Waals surface area contributed by atoms with Crippen LogP contribution in [0.5, 0.6) is 11.5 Å². The van der Waals surface area contributed by atoms with E-state index in [1.807, 2.05) is 47.4 Å². The number of carbonyl (C=O) groups excluding carboxylic acids is 1. The second-order valence-electron chi connectivity index (χ2n) is 6.23. The van der Waals surface area contributed by atoms with E-state index in [1.54, 1.807) is 26.4 Å². The first-order valence-corrected chi connectivity index (χ1v) is 9.18. The van der Waals surface area contributed by atoms with Gasteiger partial charge in [-0.05, 0) is 42.5 Å². The first-order valence-electron chi connectivity index (χ1n) is 8.80. The number of halogens is 1. The number of hydrogen-bond acceptors (Lipinski definition) is 4. The molecule has 0 N–H and O–H groups in total. The van der Waals surface area contributed by atoms with E-state index in [2.05, 4.69) is 4.90 Å². The first kappa shape index (κ1) is 19.1. The van der Waals surface area contributed by atoms with Crippen molar-refractivity contribution in [1.82, 2.24) is 4.90 Å². The summed E-state index contributed by atoms with van der Waals surface area (Å²) < 4.78 is 10.6. The van der Waals surface area contributed by atoms with Crippen molar-refractivity contribution in [2.45, 2.75) is 0 Å². The molecule has 1 fully saturated rings. The third-order valence-corrected chi connectivity index (χ3v) is 4.84. The molecule has 1 aliphatic heterocycles. The Morgan fingerprint density at radius 2 is 1.81 bits per heavy atom. The van der Waals surface area contributed by atoms with Gasteiger partial charge in [-0.15, -0.1) is 0 Å². The summed E-state index contributed by atoms with van der Waals surface area (Å²) in [5, 5.41) is 0.723. The van der Waals surface area contributed by atoms with Crippen molar-refractivity contribution in [2.24, 2.45) is 0 Å². The van der Waals surface area contributed by atoms with Gasteiger partial charge in [-0.3, -0.25) is 4.79 Å². The van der Waals surface area contributed by atoms with E-state index < -0.39 is 0 Å². The zero-order valence-electron chi connectivity index (χ0n) is 15.5. The Balaban J connectivity index is 1.62. The maximum atomic E-state index is 12.6. The summed E-state index contributed by atoms with van der Waals surface area (Å²) in [4.78, 5) is 16.6. The predicted octanol–water partition coefficient (Wildman–Crippen LogP) is 3.72. The molecule has 3 rings (SSSR count). The van der Waals surface area contributed by atoms with Crippen molar-refractivity contribution < 1.29 is 14.3 Å². The molecule has 0 bridgehead atoms. The van der Waals surface area contributed by atoms with Crippen LogP contribution in [0.2, 0.25) is 5.02 Å². The molecule has 27 heavy (non-hydrogen) atoms. The lowest BCUT2D eigenvalue weighted by Gasteiger charge is -2.35. The predicted molar refractivity (Wildman–Crippen MR) is 109 cm³/mol. The molecule has 0 saturated carbocycles. The number of piperazine rings is 1. The summed E-state index contributed by atoms with van der Waals surface area (Å²) in [6.07, 6.45) is 3.36.